The molecule has 1 atom stereocenters. The Kier molecular flexibility index (Phi) is 5.64. The molecule has 0 bridgehead atoms. The van der Waals surface area contributed by atoms with E-state index in [1.54, 1.807) is 4.90 Å². The molecule has 1 aromatic rings. The van der Waals surface area contributed by atoms with Gasteiger partial charge in [-0.15, -0.1) is 0 Å². The number of benzene rings is 1. The van der Waals surface area contributed by atoms with Gasteiger partial charge in [0.05, 0.1) is 6.04 Å². The molecular formula is C18H27N3O2. The second kappa shape index (κ2) is 7.49. The first kappa shape index (κ1) is 17.3. The van der Waals surface area contributed by atoms with Crippen LogP contribution >= 0.6 is 0 Å². The average molecular weight is 317 g/mol. The molecule has 2 rings (SSSR count). The molecule has 0 saturated carbocycles. The van der Waals surface area contributed by atoms with E-state index in [0.717, 1.165) is 5.56 Å². The molecule has 0 aromatic heterocycles. The topological polar surface area (TPSA) is 52.7 Å². The molecule has 0 spiro atoms. The van der Waals surface area contributed by atoms with Gasteiger partial charge in [-0.25, -0.2) is 4.79 Å². The van der Waals surface area contributed by atoms with Crippen LogP contribution in [0, 0.1) is 13.8 Å². The van der Waals surface area contributed by atoms with Gasteiger partial charge in [0.15, 0.2) is 0 Å². The molecule has 3 amide bonds. The number of hydrogen-bond acceptors (Lipinski definition) is 2. The fourth-order valence-electron chi connectivity index (χ4n) is 2.96. The van der Waals surface area contributed by atoms with Crippen LogP contribution in [0.3, 0.4) is 0 Å². The Morgan fingerprint density at radius 2 is 1.74 bits per heavy atom. The lowest BCUT2D eigenvalue weighted by Gasteiger charge is -2.35. The molecule has 1 heterocycles. The van der Waals surface area contributed by atoms with Gasteiger partial charge < -0.3 is 15.1 Å². The fraction of sp³-hybridized carbons (Fsp3) is 0.556. The van der Waals surface area contributed by atoms with Crippen molar-refractivity contribution in [3.63, 3.8) is 0 Å². The van der Waals surface area contributed by atoms with Crippen molar-refractivity contribution >= 4 is 11.9 Å². The van der Waals surface area contributed by atoms with Gasteiger partial charge in [0.25, 0.3) is 0 Å². The predicted molar refractivity (Wildman–Crippen MR) is 91.3 cm³/mol. The molecule has 0 aliphatic carbocycles. The standard InChI is InChI=1S/C18H27N3O2/c1-5-17(22)20-8-10-21(11-9-20)18(23)19-15(4)16-12-13(2)6-7-14(16)3/h6-7,12,15H,5,8-11H2,1-4H3,(H,19,23). The van der Waals surface area contributed by atoms with Crippen LogP contribution < -0.4 is 5.32 Å². The van der Waals surface area contributed by atoms with E-state index in [4.69, 9.17) is 0 Å². The highest BCUT2D eigenvalue weighted by Gasteiger charge is 2.24. The van der Waals surface area contributed by atoms with Crippen LogP contribution in [0.2, 0.25) is 0 Å². The highest BCUT2D eigenvalue weighted by molar-refractivity contribution is 5.77. The van der Waals surface area contributed by atoms with E-state index < -0.39 is 0 Å². The van der Waals surface area contributed by atoms with Gasteiger partial charge in [-0.2, -0.15) is 0 Å². The smallest absolute Gasteiger partial charge is 0.317 e. The predicted octanol–water partition coefficient (Wildman–Crippen LogP) is 2.63. The van der Waals surface area contributed by atoms with Crippen molar-refractivity contribution in [3.8, 4) is 0 Å². The Balaban J connectivity index is 1.92. The number of rotatable bonds is 3. The first-order valence-electron chi connectivity index (χ1n) is 8.32. The second-order valence-electron chi connectivity index (χ2n) is 6.25. The number of amides is 3. The number of hydrogen-bond donors (Lipinski definition) is 1. The van der Waals surface area contributed by atoms with Crippen LogP contribution in [0.4, 0.5) is 4.79 Å². The molecule has 1 N–H and O–H groups in total. The normalized spacial score (nSPS) is 16.2. The van der Waals surface area contributed by atoms with Gasteiger partial charge in [0.2, 0.25) is 5.91 Å². The Morgan fingerprint density at radius 1 is 1.13 bits per heavy atom. The van der Waals surface area contributed by atoms with Crippen LogP contribution in [0.1, 0.15) is 43.0 Å². The van der Waals surface area contributed by atoms with Crippen molar-refractivity contribution in [2.75, 3.05) is 26.2 Å². The van der Waals surface area contributed by atoms with Crippen molar-refractivity contribution in [2.45, 2.75) is 40.2 Å². The van der Waals surface area contributed by atoms with Crippen molar-refractivity contribution in [1.82, 2.24) is 15.1 Å². The third kappa shape index (κ3) is 4.24. The first-order chi connectivity index (χ1) is 10.9. The van der Waals surface area contributed by atoms with Gasteiger partial charge in [0.1, 0.15) is 0 Å². The fourth-order valence-corrected chi connectivity index (χ4v) is 2.96. The average Bonchev–Trinajstić information content (AvgIpc) is 2.56. The summed E-state index contributed by atoms with van der Waals surface area (Å²) >= 11 is 0. The number of carbonyl (C=O) groups excluding carboxylic acids is 2. The van der Waals surface area contributed by atoms with Crippen molar-refractivity contribution in [1.29, 1.82) is 0 Å². The summed E-state index contributed by atoms with van der Waals surface area (Å²) in [6.07, 6.45) is 0.524. The van der Waals surface area contributed by atoms with E-state index in [1.807, 2.05) is 18.7 Å². The number of piperazine rings is 1. The van der Waals surface area contributed by atoms with E-state index in [2.05, 4.69) is 37.4 Å². The summed E-state index contributed by atoms with van der Waals surface area (Å²) in [6, 6.07) is 6.21. The minimum atomic E-state index is -0.0537. The van der Waals surface area contributed by atoms with Crippen LogP contribution in [0.5, 0.6) is 0 Å². The Bertz CT molecular complexity index is 578. The first-order valence-corrected chi connectivity index (χ1v) is 8.32. The summed E-state index contributed by atoms with van der Waals surface area (Å²) in [5, 5.41) is 3.08. The SMILES string of the molecule is CCC(=O)N1CCN(C(=O)NC(C)c2cc(C)ccc2C)CC1. The third-order valence-corrected chi connectivity index (χ3v) is 4.46. The van der Waals surface area contributed by atoms with Crippen LogP contribution in [0.15, 0.2) is 18.2 Å². The van der Waals surface area contributed by atoms with Crippen LogP contribution in [-0.2, 0) is 4.79 Å². The van der Waals surface area contributed by atoms with Gasteiger partial charge in [-0.1, -0.05) is 30.7 Å². The maximum Gasteiger partial charge on any atom is 0.317 e. The zero-order valence-electron chi connectivity index (χ0n) is 14.6. The van der Waals surface area contributed by atoms with Crippen LogP contribution in [0.25, 0.3) is 0 Å². The quantitative estimate of drug-likeness (QED) is 0.932. The summed E-state index contributed by atoms with van der Waals surface area (Å²) in [5.74, 6) is 0.161. The Labute approximate surface area is 138 Å². The van der Waals surface area contributed by atoms with Crippen molar-refractivity contribution in [2.24, 2.45) is 0 Å². The molecule has 5 nitrogen and oxygen atoms in total. The lowest BCUT2D eigenvalue weighted by atomic mass is 10.00. The molecule has 5 heteroatoms. The zero-order chi connectivity index (χ0) is 17.0. The van der Waals surface area contributed by atoms with Crippen molar-refractivity contribution in [3.05, 3.63) is 34.9 Å². The summed E-state index contributed by atoms with van der Waals surface area (Å²) in [5.41, 5.74) is 3.53. The summed E-state index contributed by atoms with van der Waals surface area (Å²) in [4.78, 5) is 27.7. The molecule has 1 aliphatic heterocycles. The molecule has 1 saturated heterocycles. The third-order valence-electron chi connectivity index (χ3n) is 4.46. The van der Waals surface area contributed by atoms with Crippen LogP contribution in [-0.4, -0.2) is 47.9 Å². The summed E-state index contributed by atoms with van der Waals surface area (Å²) in [7, 11) is 0. The Hall–Kier alpha value is -2.04. The van der Waals surface area contributed by atoms with E-state index in [-0.39, 0.29) is 18.0 Å². The molecular weight excluding hydrogens is 290 g/mol. The van der Waals surface area contributed by atoms with E-state index in [9.17, 15) is 9.59 Å². The van der Waals surface area contributed by atoms with Gasteiger partial charge in [-0.05, 0) is 31.9 Å². The number of urea groups is 1. The monoisotopic (exact) mass is 317 g/mol. The maximum absolute atomic E-state index is 12.4. The minimum Gasteiger partial charge on any atom is -0.339 e. The van der Waals surface area contributed by atoms with Gasteiger partial charge >= 0.3 is 6.03 Å². The Morgan fingerprint density at radius 3 is 2.35 bits per heavy atom. The van der Waals surface area contributed by atoms with E-state index in [0.29, 0.717) is 32.6 Å². The largest absolute Gasteiger partial charge is 0.339 e. The highest BCUT2D eigenvalue weighted by Crippen LogP contribution is 2.19. The molecule has 1 aliphatic rings. The molecule has 1 fully saturated rings. The number of aryl methyl sites for hydroxylation is 2. The van der Waals surface area contributed by atoms with Gasteiger partial charge in [0, 0.05) is 32.6 Å². The van der Waals surface area contributed by atoms with E-state index >= 15 is 0 Å². The summed E-state index contributed by atoms with van der Waals surface area (Å²) in [6.45, 7) is 10.4. The summed E-state index contributed by atoms with van der Waals surface area (Å²) < 4.78 is 0. The lowest BCUT2D eigenvalue weighted by molar-refractivity contribution is -0.132. The zero-order valence-corrected chi connectivity index (χ0v) is 14.6. The minimum absolute atomic E-state index is 0.0299. The van der Waals surface area contributed by atoms with Gasteiger partial charge in [-0.3, -0.25) is 4.79 Å². The highest BCUT2D eigenvalue weighted by atomic mass is 16.2. The van der Waals surface area contributed by atoms with Crippen molar-refractivity contribution < 1.29 is 9.59 Å². The van der Waals surface area contributed by atoms with E-state index in [1.165, 1.54) is 11.1 Å². The molecule has 1 unspecified atom stereocenters. The second-order valence-corrected chi connectivity index (χ2v) is 6.25. The number of carbonyl (C=O) groups is 2. The molecule has 1 aromatic carbocycles. The molecule has 126 valence electrons. The molecule has 0 radical (unpaired) electrons. The maximum atomic E-state index is 12.4. The number of nitrogens with zero attached hydrogens (tertiary/aromatic N) is 2. The molecule has 23 heavy (non-hydrogen) atoms. The lowest BCUT2D eigenvalue weighted by Crippen LogP contribution is -2.53. The number of nitrogens with one attached hydrogen (secondary N) is 1.